The molecule has 104 valence electrons. The molecule has 2 rings (SSSR count). The molecule has 0 aliphatic heterocycles. The third kappa shape index (κ3) is 3.82. The van der Waals surface area contributed by atoms with Crippen molar-refractivity contribution in [3.8, 4) is 5.75 Å². The van der Waals surface area contributed by atoms with Gasteiger partial charge >= 0.3 is 5.97 Å². The fraction of sp³-hybridized carbons (Fsp3) is 0.250. The lowest BCUT2D eigenvalue weighted by atomic mass is 10.1. The van der Waals surface area contributed by atoms with Crippen LogP contribution in [0, 0.1) is 0 Å². The van der Waals surface area contributed by atoms with E-state index in [1.54, 1.807) is 12.4 Å². The van der Waals surface area contributed by atoms with Gasteiger partial charge in [-0.15, -0.1) is 0 Å². The highest BCUT2D eigenvalue weighted by Crippen LogP contribution is 2.21. The molecule has 0 aliphatic carbocycles. The number of methoxy groups -OCH3 is 1. The van der Waals surface area contributed by atoms with Gasteiger partial charge in [0.25, 0.3) is 0 Å². The second-order valence-corrected chi connectivity index (χ2v) is 4.44. The van der Waals surface area contributed by atoms with Crippen molar-refractivity contribution in [1.82, 2.24) is 4.98 Å². The Hall–Kier alpha value is -2.36. The maximum Gasteiger partial charge on any atom is 0.309 e. The summed E-state index contributed by atoms with van der Waals surface area (Å²) >= 11 is 0. The first-order valence-corrected chi connectivity index (χ1v) is 6.41. The molecule has 0 N–H and O–H groups in total. The van der Waals surface area contributed by atoms with Crippen LogP contribution >= 0.6 is 0 Å². The molecule has 0 bridgehead atoms. The van der Waals surface area contributed by atoms with Crippen molar-refractivity contribution >= 4 is 5.97 Å². The summed E-state index contributed by atoms with van der Waals surface area (Å²) in [5.74, 6) is 0.520. The average Bonchev–Trinajstić information content (AvgIpc) is 2.50. The first-order valence-electron chi connectivity index (χ1n) is 6.41. The molecule has 0 amide bonds. The van der Waals surface area contributed by atoms with E-state index in [0.29, 0.717) is 0 Å². The van der Waals surface area contributed by atoms with E-state index in [1.165, 1.54) is 7.11 Å². The first-order chi connectivity index (χ1) is 9.69. The minimum absolute atomic E-state index is 0.0514. The van der Waals surface area contributed by atoms with Crippen molar-refractivity contribution in [2.75, 3.05) is 7.11 Å². The maximum absolute atomic E-state index is 11.2. The summed E-state index contributed by atoms with van der Waals surface area (Å²) in [7, 11) is 1.39. The average molecular weight is 271 g/mol. The Morgan fingerprint density at radius 2 is 1.80 bits per heavy atom. The Balaban J connectivity index is 1.98. The number of benzene rings is 1. The van der Waals surface area contributed by atoms with Gasteiger partial charge in [-0.2, -0.15) is 0 Å². The van der Waals surface area contributed by atoms with Gasteiger partial charge in [0.15, 0.2) is 0 Å². The van der Waals surface area contributed by atoms with Gasteiger partial charge in [-0.1, -0.05) is 12.1 Å². The molecular weight excluding hydrogens is 254 g/mol. The van der Waals surface area contributed by atoms with Crippen LogP contribution in [0.25, 0.3) is 0 Å². The molecule has 4 heteroatoms. The quantitative estimate of drug-likeness (QED) is 0.784. The molecule has 20 heavy (non-hydrogen) atoms. The molecule has 0 saturated carbocycles. The molecule has 1 atom stereocenters. The van der Waals surface area contributed by atoms with Gasteiger partial charge in [-0.3, -0.25) is 9.78 Å². The fourth-order valence-corrected chi connectivity index (χ4v) is 1.83. The molecule has 0 saturated heterocycles. The van der Waals surface area contributed by atoms with Crippen LogP contribution in [-0.4, -0.2) is 18.1 Å². The molecule has 0 aliphatic rings. The molecule has 1 heterocycles. The topological polar surface area (TPSA) is 48.4 Å². The SMILES string of the molecule is COC(=O)Cc1ccc(OC(C)c2ccncc2)cc1. The van der Waals surface area contributed by atoms with Gasteiger partial charge in [-0.25, -0.2) is 0 Å². The zero-order chi connectivity index (χ0) is 14.4. The van der Waals surface area contributed by atoms with Crippen molar-refractivity contribution in [2.24, 2.45) is 0 Å². The van der Waals surface area contributed by atoms with E-state index in [9.17, 15) is 4.79 Å². The summed E-state index contributed by atoms with van der Waals surface area (Å²) < 4.78 is 10.5. The second kappa shape index (κ2) is 6.70. The lowest BCUT2D eigenvalue weighted by molar-refractivity contribution is -0.139. The van der Waals surface area contributed by atoms with Crippen molar-refractivity contribution in [2.45, 2.75) is 19.4 Å². The summed E-state index contributed by atoms with van der Waals surface area (Å²) in [4.78, 5) is 15.2. The number of aromatic nitrogens is 1. The van der Waals surface area contributed by atoms with E-state index in [2.05, 4.69) is 9.72 Å². The lowest BCUT2D eigenvalue weighted by Crippen LogP contribution is -2.05. The number of hydrogen-bond donors (Lipinski definition) is 0. The van der Waals surface area contributed by atoms with Crippen LogP contribution in [0.2, 0.25) is 0 Å². The number of nitrogens with zero attached hydrogens (tertiary/aromatic N) is 1. The van der Waals surface area contributed by atoms with Crippen LogP contribution in [0.3, 0.4) is 0 Å². The Labute approximate surface area is 118 Å². The summed E-state index contributed by atoms with van der Waals surface area (Å²) in [6, 6.07) is 11.3. The Bertz CT molecular complexity index is 552. The van der Waals surface area contributed by atoms with Gasteiger partial charge in [0.1, 0.15) is 11.9 Å². The van der Waals surface area contributed by atoms with Crippen LogP contribution < -0.4 is 4.74 Å². The van der Waals surface area contributed by atoms with E-state index in [1.807, 2.05) is 43.3 Å². The van der Waals surface area contributed by atoms with Crippen molar-refractivity contribution in [3.05, 3.63) is 59.9 Å². The Kier molecular flexibility index (Phi) is 4.71. The lowest BCUT2D eigenvalue weighted by Gasteiger charge is -2.15. The molecule has 2 aromatic rings. The predicted octanol–water partition coefficient (Wildman–Crippen LogP) is 2.94. The monoisotopic (exact) mass is 271 g/mol. The molecule has 0 spiro atoms. The first kappa shape index (κ1) is 14.1. The molecule has 1 unspecified atom stereocenters. The predicted molar refractivity (Wildman–Crippen MR) is 75.4 cm³/mol. The molecule has 1 aromatic heterocycles. The molecule has 0 radical (unpaired) electrons. The number of carbonyl (C=O) groups is 1. The Morgan fingerprint density at radius 3 is 2.40 bits per heavy atom. The van der Waals surface area contributed by atoms with Crippen LogP contribution in [0.4, 0.5) is 0 Å². The number of pyridine rings is 1. The van der Waals surface area contributed by atoms with E-state index < -0.39 is 0 Å². The molecule has 4 nitrogen and oxygen atoms in total. The van der Waals surface area contributed by atoms with Gasteiger partial charge in [-0.05, 0) is 42.3 Å². The summed E-state index contributed by atoms with van der Waals surface area (Å²) in [5, 5.41) is 0. The molecular formula is C16H17NO3. The van der Waals surface area contributed by atoms with E-state index >= 15 is 0 Å². The summed E-state index contributed by atoms with van der Waals surface area (Å²) in [6.07, 6.45) is 3.71. The fourth-order valence-electron chi connectivity index (χ4n) is 1.83. The summed E-state index contributed by atoms with van der Waals surface area (Å²) in [6.45, 7) is 1.98. The van der Waals surface area contributed by atoms with Crippen molar-refractivity contribution < 1.29 is 14.3 Å². The zero-order valence-corrected chi connectivity index (χ0v) is 11.6. The standard InChI is InChI=1S/C16H17NO3/c1-12(14-7-9-17-10-8-14)20-15-5-3-13(4-6-15)11-16(18)19-2/h3-10,12H,11H2,1-2H3. The maximum atomic E-state index is 11.2. The van der Waals surface area contributed by atoms with Gasteiger partial charge in [0.2, 0.25) is 0 Å². The van der Waals surface area contributed by atoms with Gasteiger partial charge in [0, 0.05) is 12.4 Å². The minimum atomic E-state index is -0.246. The minimum Gasteiger partial charge on any atom is -0.486 e. The number of rotatable bonds is 5. The number of carbonyl (C=O) groups excluding carboxylic acids is 1. The number of ether oxygens (including phenoxy) is 2. The highest BCUT2D eigenvalue weighted by Gasteiger charge is 2.07. The van der Waals surface area contributed by atoms with Crippen LogP contribution in [-0.2, 0) is 16.0 Å². The number of esters is 1. The van der Waals surface area contributed by atoms with Gasteiger partial charge < -0.3 is 9.47 Å². The van der Waals surface area contributed by atoms with E-state index in [0.717, 1.165) is 16.9 Å². The normalized spacial score (nSPS) is 11.7. The molecule has 0 fully saturated rings. The van der Waals surface area contributed by atoms with Crippen molar-refractivity contribution in [1.29, 1.82) is 0 Å². The second-order valence-electron chi connectivity index (χ2n) is 4.44. The van der Waals surface area contributed by atoms with Crippen LogP contribution in [0.1, 0.15) is 24.2 Å². The molecule has 1 aromatic carbocycles. The van der Waals surface area contributed by atoms with E-state index in [4.69, 9.17) is 4.74 Å². The highest BCUT2D eigenvalue weighted by molar-refractivity contribution is 5.72. The van der Waals surface area contributed by atoms with Gasteiger partial charge in [0.05, 0.1) is 13.5 Å². The number of hydrogen-bond acceptors (Lipinski definition) is 4. The van der Waals surface area contributed by atoms with E-state index in [-0.39, 0.29) is 18.5 Å². The Morgan fingerprint density at radius 1 is 1.15 bits per heavy atom. The van der Waals surface area contributed by atoms with Crippen LogP contribution in [0.5, 0.6) is 5.75 Å². The highest BCUT2D eigenvalue weighted by atomic mass is 16.5. The smallest absolute Gasteiger partial charge is 0.309 e. The zero-order valence-electron chi connectivity index (χ0n) is 11.6. The summed E-state index contributed by atoms with van der Waals surface area (Å²) in [5.41, 5.74) is 1.97. The van der Waals surface area contributed by atoms with Crippen LogP contribution in [0.15, 0.2) is 48.8 Å². The van der Waals surface area contributed by atoms with Crippen molar-refractivity contribution in [3.63, 3.8) is 0 Å². The third-order valence-electron chi connectivity index (χ3n) is 2.99. The largest absolute Gasteiger partial charge is 0.486 e. The third-order valence-corrected chi connectivity index (χ3v) is 2.99.